The maximum atomic E-state index is 6.46. The molecule has 3 atom stereocenters. The molecule has 0 amide bonds. The van der Waals surface area contributed by atoms with Gasteiger partial charge in [-0.05, 0) is 74.6 Å². The van der Waals surface area contributed by atoms with E-state index in [-0.39, 0.29) is 18.3 Å². The van der Waals surface area contributed by atoms with Crippen molar-refractivity contribution < 1.29 is 18.9 Å². The number of hydrogen-bond donors (Lipinski definition) is 1. The zero-order chi connectivity index (χ0) is 33.5. The lowest BCUT2D eigenvalue weighted by atomic mass is 9.89. The van der Waals surface area contributed by atoms with E-state index in [0.717, 1.165) is 62.0 Å². The van der Waals surface area contributed by atoms with Crippen LogP contribution in [0.2, 0.25) is 5.02 Å². The summed E-state index contributed by atoms with van der Waals surface area (Å²) in [6.07, 6.45) is 12.6. The Kier molecular flexibility index (Phi) is 11.4. The van der Waals surface area contributed by atoms with Crippen LogP contribution in [-0.4, -0.2) is 103 Å². The third kappa shape index (κ3) is 8.78. The summed E-state index contributed by atoms with van der Waals surface area (Å²) in [5.74, 6) is 1.54. The first-order valence-electron chi connectivity index (χ1n) is 16.7. The molecular weight excluding hydrogens is 636 g/mol. The lowest BCUT2D eigenvalue weighted by molar-refractivity contribution is -0.0852. The zero-order valence-corrected chi connectivity index (χ0v) is 28.8. The number of nitrogens with one attached hydrogen (secondary N) is 1. The van der Waals surface area contributed by atoms with Crippen LogP contribution in [0.5, 0.6) is 11.6 Å². The molecule has 4 aromatic rings. The van der Waals surface area contributed by atoms with Gasteiger partial charge in [-0.15, -0.1) is 10.2 Å². The van der Waals surface area contributed by atoms with Crippen molar-refractivity contribution in [2.45, 2.75) is 89.8 Å². The first kappa shape index (κ1) is 34.0. The summed E-state index contributed by atoms with van der Waals surface area (Å²) in [6, 6.07) is 6.49. The van der Waals surface area contributed by atoms with E-state index in [1.807, 2.05) is 25.3 Å². The first-order chi connectivity index (χ1) is 23.3. The number of morpholine rings is 1. The minimum atomic E-state index is -0.205. The zero-order valence-electron chi connectivity index (χ0n) is 28.0. The van der Waals surface area contributed by atoms with Crippen LogP contribution in [0.3, 0.4) is 0 Å². The van der Waals surface area contributed by atoms with Crippen molar-refractivity contribution in [2.75, 3.05) is 38.7 Å². The Morgan fingerprint density at radius 2 is 1.77 bits per heavy atom. The lowest BCUT2D eigenvalue weighted by Crippen LogP contribution is -2.51. The monoisotopic (exact) mass is 680 g/mol. The SMILES string of the molecule is COCCCOc1nn(C2CCC(N3C[C@@H](C)O[C@@H](C)C3)CC2)cc1Nc1ncc(-c2ccc(Cl)c(O[C@@H](C)Cn3cnnn3)c2)cn1. The summed E-state index contributed by atoms with van der Waals surface area (Å²) >= 11 is 6.46. The van der Waals surface area contributed by atoms with Gasteiger partial charge in [0.1, 0.15) is 23.9 Å². The normalized spacial score (nSPS) is 22.4. The number of methoxy groups -OCH3 is 1. The van der Waals surface area contributed by atoms with Gasteiger partial charge in [0.15, 0.2) is 0 Å². The van der Waals surface area contributed by atoms with E-state index in [2.05, 4.69) is 54.2 Å². The van der Waals surface area contributed by atoms with Crippen LogP contribution in [0.15, 0.2) is 43.1 Å². The lowest BCUT2D eigenvalue weighted by Gasteiger charge is -2.42. The Labute approximate surface area is 286 Å². The van der Waals surface area contributed by atoms with E-state index in [1.54, 1.807) is 36.6 Å². The fraction of sp³-hybridized carbons (Fsp3) is 0.576. The molecule has 14 nitrogen and oxygen atoms in total. The predicted molar refractivity (Wildman–Crippen MR) is 181 cm³/mol. The Hall–Kier alpha value is -3.85. The van der Waals surface area contributed by atoms with Gasteiger partial charge in [0.05, 0.1) is 42.6 Å². The van der Waals surface area contributed by atoms with Crippen molar-refractivity contribution in [2.24, 2.45) is 0 Å². The van der Waals surface area contributed by atoms with Gasteiger partial charge in [-0.2, -0.15) is 0 Å². The van der Waals surface area contributed by atoms with Crippen molar-refractivity contribution in [1.29, 1.82) is 0 Å². The molecule has 2 aliphatic rings. The van der Waals surface area contributed by atoms with Gasteiger partial charge in [-0.25, -0.2) is 14.6 Å². The average Bonchev–Trinajstić information content (AvgIpc) is 3.74. The van der Waals surface area contributed by atoms with Crippen LogP contribution in [0, 0.1) is 0 Å². The molecule has 1 saturated heterocycles. The summed E-state index contributed by atoms with van der Waals surface area (Å²) in [6.45, 7) is 9.88. The third-order valence-electron chi connectivity index (χ3n) is 8.76. The first-order valence-corrected chi connectivity index (χ1v) is 17.1. The highest BCUT2D eigenvalue weighted by Crippen LogP contribution is 2.36. The quantitative estimate of drug-likeness (QED) is 0.175. The smallest absolute Gasteiger partial charge is 0.256 e. The number of anilines is 2. The van der Waals surface area contributed by atoms with E-state index in [0.29, 0.717) is 54.4 Å². The fourth-order valence-electron chi connectivity index (χ4n) is 6.55. The van der Waals surface area contributed by atoms with E-state index in [9.17, 15) is 0 Å². The molecule has 0 bridgehead atoms. The van der Waals surface area contributed by atoms with Crippen LogP contribution >= 0.6 is 11.6 Å². The van der Waals surface area contributed by atoms with Crippen LogP contribution in [-0.2, 0) is 16.0 Å². The molecule has 48 heavy (non-hydrogen) atoms. The minimum absolute atomic E-state index is 0.205. The maximum Gasteiger partial charge on any atom is 0.256 e. The molecule has 0 unspecified atom stereocenters. The van der Waals surface area contributed by atoms with E-state index in [4.69, 9.17) is 35.6 Å². The summed E-state index contributed by atoms with van der Waals surface area (Å²) in [5, 5.41) is 20.0. The van der Waals surface area contributed by atoms with Gasteiger partial charge >= 0.3 is 0 Å². The molecule has 1 aliphatic heterocycles. The number of halogens is 1. The topological polar surface area (TPSA) is 139 Å². The van der Waals surface area contributed by atoms with Crippen LogP contribution in [0.25, 0.3) is 11.1 Å². The maximum absolute atomic E-state index is 6.46. The molecule has 6 rings (SSSR count). The molecule has 3 aromatic heterocycles. The van der Waals surface area contributed by atoms with E-state index < -0.39 is 0 Å². The summed E-state index contributed by atoms with van der Waals surface area (Å²) in [4.78, 5) is 11.8. The van der Waals surface area contributed by atoms with E-state index >= 15 is 0 Å². The predicted octanol–water partition coefficient (Wildman–Crippen LogP) is 5.20. The van der Waals surface area contributed by atoms with Gasteiger partial charge in [0.25, 0.3) is 5.88 Å². The van der Waals surface area contributed by atoms with Gasteiger partial charge < -0.3 is 24.3 Å². The van der Waals surface area contributed by atoms with Crippen molar-refractivity contribution in [3.8, 4) is 22.8 Å². The molecule has 4 heterocycles. The standard InChI is InChI=1S/C33H45ClN10O4/c1-22-17-42(18-23(2)47-22)27-7-9-28(10-8-27)44-20-30(32(39-44)46-13-5-12-45-4)38-33-35-15-26(16-36-33)25-6-11-29(34)31(14-25)48-24(3)19-43-21-37-40-41-43/h6,11,14-16,20-24,27-28H,5,7-10,12-13,17-19H2,1-4H3,(H,35,36,38)/t22-,23+,24-,27?,28?/m0/s1. The molecule has 1 N–H and O–H groups in total. The summed E-state index contributed by atoms with van der Waals surface area (Å²) in [7, 11) is 1.69. The van der Waals surface area contributed by atoms with Crippen molar-refractivity contribution in [3.63, 3.8) is 0 Å². The molecule has 258 valence electrons. The highest BCUT2D eigenvalue weighted by molar-refractivity contribution is 6.32. The number of benzene rings is 1. The number of nitrogens with zero attached hydrogens (tertiary/aromatic N) is 9. The summed E-state index contributed by atoms with van der Waals surface area (Å²) < 4.78 is 27.0. The average molecular weight is 681 g/mol. The molecule has 1 saturated carbocycles. The van der Waals surface area contributed by atoms with Crippen LogP contribution in [0.4, 0.5) is 11.6 Å². The van der Waals surface area contributed by atoms with E-state index in [1.165, 1.54) is 0 Å². The summed E-state index contributed by atoms with van der Waals surface area (Å²) in [5.41, 5.74) is 2.43. The Morgan fingerprint density at radius 1 is 1.02 bits per heavy atom. The molecule has 1 aliphatic carbocycles. The van der Waals surface area contributed by atoms with Crippen LogP contribution < -0.4 is 14.8 Å². The minimum Gasteiger partial charge on any atom is -0.487 e. The van der Waals surface area contributed by atoms with Gasteiger partial charge in [-0.3, -0.25) is 9.58 Å². The number of tetrazole rings is 1. The number of aromatic nitrogens is 8. The molecule has 15 heteroatoms. The molecular formula is C33H45ClN10O4. The van der Waals surface area contributed by atoms with Crippen molar-refractivity contribution >= 4 is 23.2 Å². The molecule has 1 aromatic carbocycles. The second-order valence-corrected chi connectivity index (χ2v) is 13.1. The van der Waals surface area contributed by atoms with Gasteiger partial charge in [-0.1, -0.05) is 17.7 Å². The van der Waals surface area contributed by atoms with Crippen molar-refractivity contribution in [3.05, 3.63) is 48.1 Å². The Morgan fingerprint density at radius 3 is 2.48 bits per heavy atom. The number of rotatable bonds is 14. The van der Waals surface area contributed by atoms with Gasteiger partial charge in [0, 0.05) is 57.2 Å². The Bertz CT molecular complexity index is 1570. The van der Waals surface area contributed by atoms with Crippen molar-refractivity contribution in [1.82, 2.24) is 44.9 Å². The number of ether oxygens (including phenoxy) is 4. The fourth-order valence-corrected chi connectivity index (χ4v) is 6.71. The third-order valence-corrected chi connectivity index (χ3v) is 9.07. The Balaban J connectivity index is 1.11. The molecule has 0 spiro atoms. The highest BCUT2D eigenvalue weighted by Gasteiger charge is 2.32. The largest absolute Gasteiger partial charge is 0.487 e. The van der Waals surface area contributed by atoms with Crippen LogP contribution in [0.1, 0.15) is 58.9 Å². The molecule has 2 fully saturated rings. The second kappa shape index (κ2) is 16.0. The van der Waals surface area contributed by atoms with Gasteiger partial charge in [0.2, 0.25) is 5.95 Å². The highest BCUT2D eigenvalue weighted by atomic mass is 35.5. The number of hydrogen-bond acceptors (Lipinski definition) is 12. The molecule has 0 radical (unpaired) electrons. The second-order valence-electron chi connectivity index (χ2n) is 12.7.